The Labute approximate surface area is 119 Å². The second kappa shape index (κ2) is 6.83. The molecule has 0 aliphatic carbocycles. The normalized spacial score (nSPS) is 19.7. The summed E-state index contributed by atoms with van der Waals surface area (Å²) in [7, 11) is 0. The summed E-state index contributed by atoms with van der Waals surface area (Å²) in [6.45, 7) is 9.31. The van der Waals surface area contributed by atoms with E-state index in [1.807, 2.05) is 5.43 Å². The predicted octanol–water partition coefficient (Wildman–Crippen LogP) is 0.194. The average molecular weight is 281 g/mol. The van der Waals surface area contributed by atoms with E-state index in [4.69, 9.17) is 10.4 Å². The maximum atomic E-state index is 11.3. The molecule has 1 aromatic rings. The molecule has 0 spiro atoms. The highest BCUT2D eigenvalue weighted by Gasteiger charge is 2.27. The molecule has 112 valence electrons. The lowest BCUT2D eigenvalue weighted by Crippen LogP contribution is -2.37. The second-order valence-electron chi connectivity index (χ2n) is 5.05. The van der Waals surface area contributed by atoms with Crippen molar-refractivity contribution in [2.75, 3.05) is 26.2 Å². The molecule has 1 atom stereocenters. The zero-order valence-electron chi connectivity index (χ0n) is 12.1. The first kappa shape index (κ1) is 15.0. The summed E-state index contributed by atoms with van der Waals surface area (Å²) in [4.78, 5) is 16.1. The third-order valence-corrected chi connectivity index (χ3v) is 3.88. The molecule has 0 saturated carbocycles. The van der Waals surface area contributed by atoms with Crippen LogP contribution in [-0.2, 0) is 6.54 Å². The van der Waals surface area contributed by atoms with Crippen LogP contribution in [0.15, 0.2) is 10.6 Å². The summed E-state index contributed by atoms with van der Waals surface area (Å²) in [5, 5.41) is 3.71. The van der Waals surface area contributed by atoms with E-state index in [0.717, 1.165) is 26.2 Å². The van der Waals surface area contributed by atoms with E-state index < -0.39 is 5.91 Å². The Hall–Kier alpha value is -1.44. The van der Waals surface area contributed by atoms with Gasteiger partial charge >= 0.3 is 0 Å². The predicted molar refractivity (Wildman–Crippen MR) is 74.8 cm³/mol. The molecule has 2 rings (SSSR count). The van der Waals surface area contributed by atoms with E-state index in [-0.39, 0.29) is 5.69 Å². The minimum atomic E-state index is -0.428. The molecular weight excluding hydrogens is 258 g/mol. The Morgan fingerprint density at radius 2 is 2.35 bits per heavy atom. The molecular formula is C13H23N5O2. The molecule has 1 amide bonds. The third-order valence-electron chi connectivity index (χ3n) is 3.88. The Bertz CT molecular complexity index is 444. The molecule has 0 aromatic carbocycles. The SMILES string of the molecule is CCN(CC)C1CCN(Cc2cc(C(=O)NN)no2)C1. The summed E-state index contributed by atoms with van der Waals surface area (Å²) >= 11 is 0. The molecule has 1 aliphatic rings. The van der Waals surface area contributed by atoms with Crippen LogP contribution >= 0.6 is 0 Å². The number of hydrogen-bond donors (Lipinski definition) is 2. The maximum Gasteiger partial charge on any atom is 0.287 e. The van der Waals surface area contributed by atoms with Crippen LogP contribution in [0.2, 0.25) is 0 Å². The van der Waals surface area contributed by atoms with Gasteiger partial charge in [-0.2, -0.15) is 0 Å². The summed E-state index contributed by atoms with van der Waals surface area (Å²) in [5.74, 6) is 5.33. The van der Waals surface area contributed by atoms with Crippen LogP contribution in [-0.4, -0.2) is 53.1 Å². The lowest BCUT2D eigenvalue weighted by molar-refractivity contribution is 0.0944. The van der Waals surface area contributed by atoms with Crippen molar-refractivity contribution in [1.82, 2.24) is 20.4 Å². The van der Waals surface area contributed by atoms with Gasteiger partial charge in [0.05, 0.1) is 6.54 Å². The van der Waals surface area contributed by atoms with Gasteiger partial charge in [-0.25, -0.2) is 5.84 Å². The van der Waals surface area contributed by atoms with Crippen molar-refractivity contribution >= 4 is 5.91 Å². The summed E-state index contributed by atoms with van der Waals surface area (Å²) in [6, 6.07) is 2.26. The van der Waals surface area contributed by atoms with Crippen LogP contribution in [0.1, 0.15) is 36.5 Å². The van der Waals surface area contributed by atoms with Gasteiger partial charge in [0.15, 0.2) is 11.5 Å². The van der Waals surface area contributed by atoms with Gasteiger partial charge in [-0.05, 0) is 19.5 Å². The van der Waals surface area contributed by atoms with Gasteiger partial charge in [-0.3, -0.25) is 20.0 Å². The zero-order chi connectivity index (χ0) is 14.5. The van der Waals surface area contributed by atoms with Gasteiger partial charge < -0.3 is 4.52 Å². The number of carbonyl (C=O) groups is 1. The van der Waals surface area contributed by atoms with Crippen molar-refractivity contribution in [3.63, 3.8) is 0 Å². The minimum absolute atomic E-state index is 0.224. The van der Waals surface area contributed by atoms with Crippen molar-refractivity contribution < 1.29 is 9.32 Å². The van der Waals surface area contributed by atoms with Gasteiger partial charge in [0, 0.05) is 25.2 Å². The molecule has 7 heteroatoms. The van der Waals surface area contributed by atoms with E-state index in [1.54, 1.807) is 6.07 Å². The molecule has 1 saturated heterocycles. The molecule has 1 unspecified atom stereocenters. The van der Waals surface area contributed by atoms with Gasteiger partial charge in [0.2, 0.25) is 0 Å². The third kappa shape index (κ3) is 3.36. The quantitative estimate of drug-likeness (QED) is 0.440. The fourth-order valence-electron chi connectivity index (χ4n) is 2.78. The smallest absolute Gasteiger partial charge is 0.287 e. The Morgan fingerprint density at radius 3 is 3.00 bits per heavy atom. The molecule has 7 nitrogen and oxygen atoms in total. The monoisotopic (exact) mass is 281 g/mol. The van der Waals surface area contributed by atoms with Crippen molar-refractivity contribution in [3.05, 3.63) is 17.5 Å². The number of aromatic nitrogens is 1. The largest absolute Gasteiger partial charge is 0.359 e. The minimum Gasteiger partial charge on any atom is -0.359 e. The van der Waals surface area contributed by atoms with Crippen LogP contribution in [0.3, 0.4) is 0 Å². The van der Waals surface area contributed by atoms with Crippen molar-refractivity contribution in [2.24, 2.45) is 5.84 Å². The van der Waals surface area contributed by atoms with Crippen molar-refractivity contribution in [1.29, 1.82) is 0 Å². The number of carbonyl (C=O) groups excluding carboxylic acids is 1. The van der Waals surface area contributed by atoms with Gasteiger partial charge in [0.25, 0.3) is 5.91 Å². The Kier molecular flexibility index (Phi) is 5.11. The molecule has 0 radical (unpaired) electrons. The molecule has 3 N–H and O–H groups in total. The Morgan fingerprint density at radius 1 is 1.60 bits per heavy atom. The number of rotatable bonds is 6. The molecule has 0 bridgehead atoms. The van der Waals surface area contributed by atoms with Crippen LogP contribution in [0, 0.1) is 0 Å². The Balaban J connectivity index is 1.89. The lowest BCUT2D eigenvalue weighted by Gasteiger charge is -2.26. The first-order chi connectivity index (χ1) is 9.67. The lowest BCUT2D eigenvalue weighted by atomic mass is 10.2. The van der Waals surface area contributed by atoms with Crippen molar-refractivity contribution in [2.45, 2.75) is 32.9 Å². The van der Waals surface area contributed by atoms with Gasteiger partial charge in [0.1, 0.15) is 0 Å². The number of hydrazine groups is 1. The highest BCUT2D eigenvalue weighted by atomic mass is 16.5. The number of likely N-dealkylation sites (N-methyl/N-ethyl adjacent to an activating group) is 1. The second-order valence-corrected chi connectivity index (χ2v) is 5.05. The zero-order valence-corrected chi connectivity index (χ0v) is 12.1. The summed E-state index contributed by atoms with van der Waals surface area (Å²) in [6.07, 6.45) is 1.17. The number of nitrogens with two attached hydrogens (primary N) is 1. The number of hydrogen-bond acceptors (Lipinski definition) is 6. The molecule has 1 aromatic heterocycles. The maximum absolute atomic E-state index is 11.3. The van der Waals surface area contributed by atoms with Crippen LogP contribution in [0.5, 0.6) is 0 Å². The average Bonchev–Trinajstić information content (AvgIpc) is 3.10. The number of nitrogens with one attached hydrogen (secondary N) is 1. The summed E-state index contributed by atoms with van der Waals surface area (Å²) < 4.78 is 5.18. The first-order valence-electron chi connectivity index (χ1n) is 7.10. The summed E-state index contributed by atoms with van der Waals surface area (Å²) in [5.41, 5.74) is 2.27. The fourth-order valence-corrected chi connectivity index (χ4v) is 2.78. The van der Waals surface area contributed by atoms with Gasteiger partial charge in [-0.15, -0.1) is 0 Å². The highest BCUT2D eigenvalue weighted by molar-refractivity contribution is 5.91. The van der Waals surface area contributed by atoms with Crippen LogP contribution in [0.4, 0.5) is 0 Å². The number of likely N-dealkylation sites (tertiary alicyclic amines) is 1. The van der Waals surface area contributed by atoms with Crippen LogP contribution < -0.4 is 11.3 Å². The van der Waals surface area contributed by atoms with Gasteiger partial charge in [-0.1, -0.05) is 19.0 Å². The number of nitrogens with zero attached hydrogens (tertiary/aromatic N) is 3. The van der Waals surface area contributed by atoms with E-state index in [0.29, 0.717) is 18.3 Å². The van der Waals surface area contributed by atoms with Crippen LogP contribution in [0.25, 0.3) is 0 Å². The van der Waals surface area contributed by atoms with Crippen molar-refractivity contribution in [3.8, 4) is 0 Å². The van der Waals surface area contributed by atoms with E-state index >= 15 is 0 Å². The van der Waals surface area contributed by atoms with E-state index in [1.165, 1.54) is 6.42 Å². The van der Waals surface area contributed by atoms with E-state index in [9.17, 15) is 4.79 Å². The molecule has 1 aliphatic heterocycles. The topological polar surface area (TPSA) is 87.6 Å². The number of nitrogen functional groups attached to an aromatic ring is 1. The highest BCUT2D eigenvalue weighted by Crippen LogP contribution is 2.18. The number of amides is 1. The van der Waals surface area contributed by atoms with E-state index in [2.05, 4.69) is 28.8 Å². The fraction of sp³-hybridized carbons (Fsp3) is 0.692. The molecule has 2 heterocycles. The molecule has 20 heavy (non-hydrogen) atoms. The standard InChI is InChI=1S/C13H23N5O2/c1-3-18(4-2)10-5-6-17(8-10)9-11-7-12(16-20-11)13(19)15-14/h7,10H,3-6,8-9,14H2,1-2H3,(H,15,19). The first-order valence-corrected chi connectivity index (χ1v) is 7.10. The molecule has 1 fully saturated rings.